The van der Waals surface area contributed by atoms with Crippen LogP contribution >= 0.6 is 0 Å². The molecule has 172 valence electrons. The van der Waals surface area contributed by atoms with Gasteiger partial charge in [-0.15, -0.1) is 0 Å². The second kappa shape index (κ2) is 10.1. The molecule has 7 nitrogen and oxygen atoms in total. The van der Waals surface area contributed by atoms with Crippen molar-refractivity contribution in [1.82, 2.24) is 14.5 Å². The van der Waals surface area contributed by atoms with Crippen LogP contribution in [0.5, 0.6) is 0 Å². The standard InChI is InChI=1S/C25H33N3O4/c1-6-27-17(4)21(16(3)22(27)25(31)32-7-2)23(29)18(5)28(24(30)20-11-8-12-20)15-19-10-9-13-26-14-19/h9-10,13-14,18,20H,6-8,11-12,15H2,1-5H3. The topological polar surface area (TPSA) is 81.5 Å². The van der Waals surface area contributed by atoms with Crippen molar-refractivity contribution in [3.05, 3.63) is 52.6 Å². The normalized spacial score (nSPS) is 14.5. The molecule has 0 saturated heterocycles. The highest BCUT2D eigenvalue weighted by Crippen LogP contribution is 2.31. The molecule has 0 aliphatic heterocycles. The molecular weight excluding hydrogens is 406 g/mol. The number of ketones is 1. The van der Waals surface area contributed by atoms with Crippen LogP contribution < -0.4 is 0 Å². The van der Waals surface area contributed by atoms with Gasteiger partial charge in [-0.2, -0.15) is 0 Å². The molecule has 3 rings (SSSR count). The number of aromatic nitrogens is 2. The number of pyridine rings is 1. The Morgan fingerprint density at radius 2 is 1.97 bits per heavy atom. The Morgan fingerprint density at radius 3 is 2.50 bits per heavy atom. The van der Waals surface area contributed by atoms with Crippen molar-refractivity contribution in [1.29, 1.82) is 0 Å². The number of carbonyl (C=O) groups excluding carboxylic acids is 3. The second-order valence-electron chi connectivity index (χ2n) is 8.39. The maximum Gasteiger partial charge on any atom is 0.355 e. The third kappa shape index (κ3) is 4.47. The van der Waals surface area contributed by atoms with Crippen LogP contribution in [0.15, 0.2) is 24.5 Å². The first-order valence-electron chi connectivity index (χ1n) is 11.4. The van der Waals surface area contributed by atoms with Crippen molar-refractivity contribution in [2.45, 2.75) is 73.0 Å². The lowest BCUT2D eigenvalue weighted by Gasteiger charge is -2.35. The summed E-state index contributed by atoms with van der Waals surface area (Å²) < 4.78 is 7.06. The van der Waals surface area contributed by atoms with Gasteiger partial charge in [0.1, 0.15) is 5.69 Å². The van der Waals surface area contributed by atoms with Crippen molar-refractivity contribution in [2.24, 2.45) is 5.92 Å². The number of hydrogen-bond acceptors (Lipinski definition) is 5. The predicted molar refractivity (Wildman–Crippen MR) is 121 cm³/mol. The molecule has 0 radical (unpaired) electrons. The number of amides is 1. The van der Waals surface area contributed by atoms with Crippen LogP contribution in [0.2, 0.25) is 0 Å². The van der Waals surface area contributed by atoms with E-state index in [1.807, 2.05) is 30.5 Å². The Bertz CT molecular complexity index is 992. The summed E-state index contributed by atoms with van der Waals surface area (Å²) in [6.07, 6.45) is 6.18. The summed E-state index contributed by atoms with van der Waals surface area (Å²) in [4.78, 5) is 45.4. The average Bonchev–Trinajstić information content (AvgIpc) is 3.00. The third-order valence-electron chi connectivity index (χ3n) is 6.46. The zero-order chi connectivity index (χ0) is 23.4. The molecule has 1 aliphatic rings. The lowest BCUT2D eigenvalue weighted by molar-refractivity contribution is -0.140. The van der Waals surface area contributed by atoms with Gasteiger partial charge in [-0.3, -0.25) is 14.6 Å². The summed E-state index contributed by atoms with van der Waals surface area (Å²) in [5, 5.41) is 0. The molecule has 1 atom stereocenters. The maximum atomic E-state index is 13.7. The molecule has 1 aliphatic carbocycles. The minimum Gasteiger partial charge on any atom is -0.461 e. The molecule has 0 spiro atoms. The van der Waals surface area contributed by atoms with Crippen LogP contribution in [-0.2, 0) is 22.6 Å². The van der Waals surface area contributed by atoms with Crippen molar-refractivity contribution in [3.8, 4) is 0 Å². The summed E-state index contributed by atoms with van der Waals surface area (Å²) in [5.41, 5.74) is 3.12. The largest absolute Gasteiger partial charge is 0.461 e. The molecular formula is C25H33N3O4. The molecule has 2 aromatic heterocycles. The number of nitrogens with zero attached hydrogens (tertiary/aromatic N) is 3. The van der Waals surface area contributed by atoms with Crippen LogP contribution in [0, 0.1) is 19.8 Å². The first-order chi connectivity index (χ1) is 15.3. The minimum atomic E-state index is -0.663. The molecule has 0 aromatic carbocycles. The van der Waals surface area contributed by atoms with Gasteiger partial charge >= 0.3 is 5.97 Å². The number of carbonyl (C=O) groups is 3. The van der Waals surface area contributed by atoms with E-state index in [0.29, 0.717) is 29.9 Å². The lowest BCUT2D eigenvalue weighted by Crippen LogP contribution is -2.47. The molecule has 1 unspecified atom stereocenters. The highest BCUT2D eigenvalue weighted by molar-refractivity contribution is 6.06. The lowest BCUT2D eigenvalue weighted by atomic mass is 9.83. The summed E-state index contributed by atoms with van der Waals surface area (Å²) in [7, 11) is 0. The van der Waals surface area contributed by atoms with E-state index in [2.05, 4.69) is 4.98 Å². The van der Waals surface area contributed by atoms with E-state index in [1.165, 1.54) is 0 Å². The van der Waals surface area contributed by atoms with Crippen LogP contribution in [0.4, 0.5) is 0 Å². The fourth-order valence-corrected chi connectivity index (χ4v) is 4.45. The van der Waals surface area contributed by atoms with Gasteiger partial charge in [-0.1, -0.05) is 12.5 Å². The number of hydrogen-bond donors (Lipinski definition) is 0. The first-order valence-corrected chi connectivity index (χ1v) is 11.4. The zero-order valence-electron chi connectivity index (χ0n) is 19.7. The molecule has 0 bridgehead atoms. The molecule has 1 fully saturated rings. The van der Waals surface area contributed by atoms with Crippen LogP contribution in [0.1, 0.15) is 77.7 Å². The van der Waals surface area contributed by atoms with Gasteiger partial charge in [-0.05, 0) is 64.7 Å². The molecule has 2 aromatic rings. The fourth-order valence-electron chi connectivity index (χ4n) is 4.45. The fraction of sp³-hybridized carbons (Fsp3) is 0.520. The Kier molecular flexibility index (Phi) is 7.48. The number of rotatable bonds is 9. The number of Topliss-reactive ketones (excluding diaryl/α,β-unsaturated/α-hetero) is 1. The van der Waals surface area contributed by atoms with E-state index in [4.69, 9.17) is 4.74 Å². The van der Waals surface area contributed by atoms with E-state index in [0.717, 1.165) is 30.5 Å². The number of esters is 1. The van der Waals surface area contributed by atoms with Crippen molar-refractivity contribution < 1.29 is 19.1 Å². The van der Waals surface area contributed by atoms with Crippen LogP contribution in [-0.4, -0.2) is 44.8 Å². The van der Waals surface area contributed by atoms with Gasteiger partial charge < -0.3 is 14.2 Å². The highest BCUT2D eigenvalue weighted by atomic mass is 16.5. The molecule has 2 heterocycles. The SMILES string of the molecule is CCOC(=O)c1c(C)c(C(=O)C(C)N(Cc2cccnc2)C(=O)C2CCC2)c(C)n1CC. The summed E-state index contributed by atoms with van der Waals surface area (Å²) in [6, 6.07) is 3.08. The van der Waals surface area contributed by atoms with Gasteiger partial charge in [0.2, 0.25) is 5.91 Å². The van der Waals surface area contributed by atoms with E-state index in [1.54, 1.807) is 38.1 Å². The minimum absolute atomic E-state index is 0.0109. The highest BCUT2D eigenvalue weighted by Gasteiger charge is 2.36. The smallest absolute Gasteiger partial charge is 0.355 e. The Labute approximate surface area is 189 Å². The second-order valence-corrected chi connectivity index (χ2v) is 8.39. The van der Waals surface area contributed by atoms with Crippen molar-refractivity contribution in [3.63, 3.8) is 0 Å². The van der Waals surface area contributed by atoms with Gasteiger partial charge in [0.05, 0.1) is 12.6 Å². The molecule has 1 saturated carbocycles. The maximum absolute atomic E-state index is 13.7. The molecule has 0 N–H and O–H groups in total. The Hall–Kier alpha value is -2.96. The summed E-state index contributed by atoms with van der Waals surface area (Å²) in [6.45, 7) is 10.2. The Balaban J connectivity index is 1.98. The molecule has 32 heavy (non-hydrogen) atoms. The van der Waals surface area contributed by atoms with Crippen LogP contribution in [0.25, 0.3) is 0 Å². The van der Waals surface area contributed by atoms with Gasteiger partial charge in [0.25, 0.3) is 0 Å². The monoisotopic (exact) mass is 439 g/mol. The van der Waals surface area contributed by atoms with E-state index >= 15 is 0 Å². The van der Waals surface area contributed by atoms with E-state index < -0.39 is 12.0 Å². The number of ether oxygens (including phenoxy) is 1. The summed E-state index contributed by atoms with van der Waals surface area (Å²) >= 11 is 0. The zero-order valence-corrected chi connectivity index (χ0v) is 19.7. The predicted octanol–water partition coefficient (Wildman–Crippen LogP) is 4.10. The van der Waals surface area contributed by atoms with Crippen molar-refractivity contribution >= 4 is 17.7 Å². The van der Waals surface area contributed by atoms with Crippen LogP contribution in [0.3, 0.4) is 0 Å². The summed E-state index contributed by atoms with van der Waals surface area (Å²) in [5.74, 6) is -0.607. The Morgan fingerprint density at radius 1 is 1.25 bits per heavy atom. The van der Waals surface area contributed by atoms with Gasteiger partial charge in [-0.25, -0.2) is 4.79 Å². The van der Waals surface area contributed by atoms with Gasteiger partial charge in [0.15, 0.2) is 5.78 Å². The third-order valence-corrected chi connectivity index (χ3v) is 6.46. The van der Waals surface area contributed by atoms with E-state index in [9.17, 15) is 14.4 Å². The molecule has 7 heteroatoms. The quantitative estimate of drug-likeness (QED) is 0.434. The van der Waals surface area contributed by atoms with E-state index in [-0.39, 0.29) is 24.2 Å². The van der Waals surface area contributed by atoms with Gasteiger partial charge in [0, 0.05) is 42.7 Å². The molecule has 1 amide bonds. The average molecular weight is 440 g/mol. The first kappa shape index (κ1) is 23.7. The van der Waals surface area contributed by atoms with Crippen molar-refractivity contribution in [2.75, 3.05) is 6.61 Å².